The molecule has 1 aromatic heterocycles. The van der Waals surface area contributed by atoms with Gasteiger partial charge in [0.2, 0.25) is 0 Å². The summed E-state index contributed by atoms with van der Waals surface area (Å²) in [5.74, 6) is 7.62. The van der Waals surface area contributed by atoms with Gasteiger partial charge in [-0.05, 0) is 19.8 Å². The highest BCUT2D eigenvalue weighted by Crippen LogP contribution is 2.19. The number of anilines is 2. The van der Waals surface area contributed by atoms with Crippen LogP contribution in [0, 0.1) is 6.92 Å². The molecule has 8 heteroatoms. The third-order valence-electron chi connectivity index (χ3n) is 2.79. The molecule has 0 aliphatic carbocycles. The lowest BCUT2D eigenvalue weighted by Gasteiger charge is -2.13. The number of hydrogen-bond acceptors (Lipinski definition) is 7. The minimum absolute atomic E-state index is 0.161. The number of nitrogens with two attached hydrogens (primary N) is 1. The van der Waals surface area contributed by atoms with Gasteiger partial charge in [0.1, 0.15) is 27.3 Å². The minimum atomic E-state index is -2.92. The number of nitrogens with one attached hydrogen (secondary N) is 2. The highest BCUT2D eigenvalue weighted by molar-refractivity contribution is 7.90. The van der Waals surface area contributed by atoms with E-state index in [1.165, 1.54) is 6.26 Å². The number of hydrazine groups is 1. The summed E-state index contributed by atoms with van der Waals surface area (Å²) in [5.41, 5.74) is 3.39. The van der Waals surface area contributed by atoms with Gasteiger partial charge in [-0.15, -0.1) is 0 Å². The second kappa shape index (κ2) is 7.39. The van der Waals surface area contributed by atoms with E-state index < -0.39 is 9.84 Å². The van der Waals surface area contributed by atoms with Crippen LogP contribution in [0.2, 0.25) is 0 Å². The Kier molecular flexibility index (Phi) is 6.15. The average molecular weight is 301 g/mol. The molecule has 1 heterocycles. The first-order chi connectivity index (χ1) is 9.37. The van der Waals surface area contributed by atoms with E-state index in [1.54, 1.807) is 0 Å². The monoisotopic (exact) mass is 301 g/mol. The quantitative estimate of drug-likeness (QED) is 0.371. The third-order valence-corrected chi connectivity index (χ3v) is 3.82. The molecule has 0 spiro atoms. The molecule has 0 amide bonds. The molecular weight excluding hydrogens is 278 g/mol. The van der Waals surface area contributed by atoms with E-state index >= 15 is 0 Å². The van der Waals surface area contributed by atoms with Crippen molar-refractivity contribution in [3.05, 3.63) is 11.4 Å². The second-order valence-corrected chi connectivity index (χ2v) is 7.03. The Morgan fingerprint density at radius 3 is 2.45 bits per heavy atom. The van der Waals surface area contributed by atoms with Crippen molar-refractivity contribution < 1.29 is 8.42 Å². The number of rotatable bonds is 8. The molecule has 0 unspecified atom stereocenters. The van der Waals surface area contributed by atoms with Crippen molar-refractivity contribution >= 4 is 21.5 Å². The Labute approximate surface area is 120 Å². The highest BCUT2D eigenvalue weighted by Gasteiger charge is 2.10. The maximum atomic E-state index is 11.1. The number of sulfone groups is 1. The minimum Gasteiger partial charge on any atom is -0.370 e. The van der Waals surface area contributed by atoms with E-state index in [-0.39, 0.29) is 5.75 Å². The Bertz CT molecular complexity index is 545. The van der Waals surface area contributed by atoms with Crippen LogP contribution in [0.15, 0.2) is 0 Å². The van der Waals surface area contributed by atoms with E-state index in [1.807, 2.05) is 6.92 Å². The van der Waals surface area contributed by atoms with Crippen LogP contribution in [0.25, 0.3) is 0 Å². The van der Waals surface area contributed by atoms with Crippen molar-refractivity contribution in [1.82, 2.24) is 9.97 Å². The van der Waals surface area contributed by atoms with Gasteiger partial charge in [0.25, 0.3) is 0 Å². The van der Waals surface area contributed by atoms with Gasteiger partial charge in [-0.1, -0.05) is 6.92 Å². The first-order valence-electron chi connectivity index (χ1n) is 6.63. The average Bonchev–Trinajstić information content (AvgIpc) is 2.36. The molecule has 0 radical (unpaired) electrons. The van der Waals surface area contributed by atoms with Crippen LogP contribution < -0.4 is 16.6 Å². The van der Waals surface area contributed by atoms with Gasteiger partial charge in [-0.25, -0.2) is 24.2 Å². The van der Waals surface area contributed by atoms with Crippen LogP contribution in [-0.4, -0.2) is 36.9 Å². The van der Waals surface area contributed by atoms with E-state index in [2.05, 4.69) is 27.6 Å². The Morgan fingerprint density at radius 2 is 1.90 bits per heavy atom. The third kappa shape index (κ3) is 5.30. The Hall–Kier alpha value is -1.41. The second-order valence-electron chi connectivity index (χ2n) is 4.77. The predicted molar refractivity (Wildman–Crippen MR) is 81.4 cm³/mol. The molecule has 4 N–H and O–H groups in total. The standard InChI is InChI=1S/C12H23N5O2S/c1-4-6-10-15-11(9(2)12(16-10)17-13)14-7-5-8-20(3,18)19/h4-8,13H2,1-3H3,(H2,14,15,16,17). The summed E-state index contributed by atoms with van der Waals surface area (Å²) in [6.45, 7) is 4.46. The maximum Gasteiger partial charge on any atom is 0.148 e. The van der Waals surface area contributed by atoms with Gasteiger partial charge in [-0.2, -0.15) is 0 Å². The summed E-state index contributed by atoms with van der Waals surface area (Å²) in [4.78, 5) is 8.76. The van der Waals surface area contributed by atoms with Gasteiger partial charge < -0.3 is 10.7 Å². The largest absolute Gasteiger partial charge is 0.370 e. The molecule has 114 valence electrons. The lowest BCUT2D eigenvalue weighted by molar-refractivity contribution is 0.600. The summed E-state index contributed by atoms with van der Waals surface area (Å²) in [5, 5.41) is 3.15. The maximum absolute atomic E-state index is 11.1. The van der Waals surface area contributed by atoms with Crippen molar-refractivity contribution in [3.63, 3.8) is 0 Å². The van der Waals surface area contributed by atoms with E-state index in [4.69, 9.17) is 5.84 Å². The fourth-order valence-corrected chi connectivity index (χ4v) is 2.42. The number of aryl methyl sites for hydroxylation is 1. The topological polar surface area (TPSA) is 110 Å². The number of aromatic nitrogens is 2. The number of nitrogens with zero attached hydrogens (tertiary/aromatic N) is 2. The first-order valence-corrected chi connectivity index (χ1v) is 8.69. The van der Waals surface area contributed by atoms with Crippen molar-refractivity contribution in [3.8, 4) is 0 Å². The van der Waals surface area contributed by atoms with Crippen molar-refractivity contribution in [1.29, 1.82) is 0 Å². The molecule has 0 fully saturated rings. The SMILES string of the molecule is CCCc1nc(NN)c(C)c(NCCCS(C)(=O)=O)n1. The Morgan fingerprint density at radius 1 is 1.25 bits per heavy atom. The van der Waals surface area contributed by atoms with E-state index in [9.17, 15) is 8.42 Å². The van der Waals surface area contributed by atoms with Crippen molar-refractivity contribution in [2.75, 3.05) is 29.3 Å². The lowest BCUT2D eigenvalue weighted by atomic mass is 10.2. The summed E-state index contributed by atoms with van der Waals surface area (Å²) in [6.07, 6.45) is 3.49. The molecule has 0 saturated carbocycles. The molecule has 0 saturated heterocycles. The zero-order chi connectivity index (χ0) is 15.2. The molecule has 0 bridgehead atoms. The number of nitrogen functional groups attached to an aromatic ring is 1. The molecule has 0 aliphatic heterocycles. The smallest absolute Gasteiger partial charge is 0.148 e. The fourth-order valence-electron chi connectivity index (χ4n) is 1.75. The van der Waals surface area contributed by atoms with Crippen LogP contribution in [0.4, 0.5) is 11.6 Å². The molecule has 7 nitrogen and oxygen atoms in total. The molecular formula is C12H23N5O2S. The number of hydrogen-bond donors (Lipinski definition) is 3. The van der Waals surface area contributed by atoms with Gasteiger partial charge in [0.15, 0.2) is 0 Å². The summed E-state index contributed by atoms with van der Waals surface area (Å²) < 4.78 is 22.1. The first kappa shape index (κ1) is 16.6. The summed E-state index contributed by atoms with van der Waals surface area (Å²) >= 11 is 0. The van der Waals surface area contributed by atoms with Crippen LogP contribution >= 0.6 is 0 Å². The van der Waals surface area contributed by atoms with Gasteiger partial charge in [0.05, 0.1) is 5.75 Å². The zero-order valence-corrected chi connectivity index (χ0v) is 13.0. The van der Waals surface area contributed by atoms with Crippen LogP contribution in [-0.2, 0) is 16.3 Å². The van der Waals surface area contributed by atoms with Crippen LogP contribution in [0.3, 0.4) is 0 Å². The van der Waals surface area contributed by atoms with Crippen molar-refractivity contribution in [2.24, 2.45) is 5.84 Å². The Balaban J connectivity index is 2.75. The van der Waals surface area contributed by atoms with Crippen LogP contribution in [0.1, 0.15) is 31.2 Å². The van der Waals surface area contributed by atoms with Gasteiger partial charge >= 0.3 is 0 Å². The molecule has 0 atom stereocenters. The van der Waals surface area contributed by atoms with Gasteiger partial charge in [0, 0.05) is 24.8 Å². The van der Waals surface area contributed by atoms with Crippen LogP contribution in [0.5, 0.6) is 0 Å². The molecule has 0 aliphatic rings. The summed E-state index contributed by atoms with van der Waals surface area (Å²) in [6, 6.07) is 0. The van der Waals surface area contributed by atoms with E-state index in [0.29, 0.717) is 24.6 Å². The molecule has 1 rings (SSSR count). The summed E-state index contributed by atoms with van der Waals surface area (Å²) in [7, 11) is -2.92. The molecule has 0 aromatic carbocycles. The van der Waals surface area contributed by atoms with Gasteiger partial charge in [-0.3, -0.25) is 0 Å². The molecule has 20 heavy (non-hydrogen) atoms. The highest BCUT2D eigenvalue weighted by atomic mass is 32.2. The van der Waals surface area contributed by atoms with E-state index in [0.717, 1.165) is 24.2 Å². The van der Waals surface area contributed by atoms with Crippen molar-refractivity contribution in [2.45, 2.75) is 33.1 Å². The lowest BCUT2D eigenvalue weighted by Crippen LogP contribution is -2.16. The zero-order valence-electron chi connectivity index (χ0n) is 12.2. The predicted octanol–water partition coefficient (Wildman–Crippen LogP) is 0.870. The normalized spacial score (nSPS) is 11.4. The fraction of sp³-hybridized carbons (Fsp3) is 0.667. The molecule has 1 aromatic rings.